The van der Waals surface area contributed by atoms with Crippen LogP contribution in [0.2, 0.25) is 0 Å². The van der Waals surface area contributed by atoms with E-state index in [0.717, 1.165) is 34.3 Å². The van der Waals surface area contributed by atoms with Crippen molar-refractivity contribution in [3.8, 4) is 0 Å². The number of hydrogen-bond acceptors (Lipinski definition) is 7. The fourth-order valence-corrected chi connectivity index (χ4v) is 4.76. The number of benzene rings is 1. The van der Waals surface area contributed by atoms with E-state index < -0.39 is 12.3 Å². The molecule has 0 saturated carbocycles. The van der Waals surface area contributed by atoms with Crippen molar-refractivity contribution in [3.05, 3.63) is 34.9 Å². The van der Waals surface area contributed by atoms with E-state index in [1.54, 1.807) is 18.0 Å². The van der Waals surface area contributed by atoms with Crippen molar-refractivity contribution in [2.75, 3.05) is 23.3 Å². The fourth-order valence-electron chi connectivity index (χ4n) is 3.81. The fraction of sp³-hybridized carbons (Fsp3) is 0.500. The van der Waals surface area contributed by atoms with Gasteiger partial charge in [-0.05, 0) is 38.5 Å². The van der Waals surface area contributed by atoms with E-state index in [9.17, 15) is 9.90 Å². The Hall–Kier alpha value is -2.03. The van der Waals surface area contributed by atoms with E-state index in [1.165, 1.54) is 4.57 Å². The molecule has 28 heavy (non-hydrogen) atoms. The van der Waals surface area contributed by atoms with Crippen molar-refractivity contribution < 1.29 is 9.84 Å². The molecule has 2 aliphatic rings. The van der Waals surface area contributed by atoms with Gasteiger partial charge in [0.05, 0.1) is 22.8 Å². The molecule has 7 nitrogen and oxygen atoms in total. The third-order valence-electron chi connectivity index (χ3n) is 5.40. The normalized spacial score (nSPS) is 23.1. The van der Waals surface area contributed by atoms with Gasteiger partial charge in [-0.1, -0.05) is 18.7 Å². The summed E-state index contributed by atoms with van der Waals surface area (Å²) in [7, 11) is 0. The number of nitrogens with zero attached hydrogens (tertiary/aromatic N) is 3. The number of aliphatic hydroxyl groups is 1. The van der Waals surface area contributed by atoms with E-state index in [1.807, 2.05) is 6.92 Å². The lowest BCUT2D eigenvalue weighted by Gasteiger charge is -2.25. The number of rotatable bonds is 5. The second-order valence-electron chi connectivity index (χ2n) is 7.06. The van der Waals surface area contributed by atoms with E-state index in [-0.39, 0.29) is 11.8 Å². The first-order chi connectivity index (χ1) is 13.5. The number of hydrogen-bond donors (Lipinski definition) is 2. The first-order valence-corrected chi connectivity index (χ1v) is 10.7. The maximum atomic E-state index is 12.6. The maximum absolute atomic E-state index is 12.6. The molecule has 3 heterocycles. The van der Waals surface area contributed by atoms with Crippen molar-refractivity contribution in [3.63, 3.8) is 0 Å². The molecule has 1 fully saturated rings. The lowest BCUT2D eigenvalue weighted by molar-refractivity contribution is -0.0219. The number of ether oxygens (including phenoxy) is 1. The van der Waals surface area contributed by atoms with Gasteiger partial charge >= 0.3 is 5.69 Å². The highest BCUT2D eigenvalue weighted by molar-refractivity contribution is 7.99. The first-order valence-electron chi connectivity index (χ1n) is 9.84. The molecule has 1 aromatic heterocycles. The van der Waals surface area contributed by atoms with Crippen LogP contribution in [-0.2, 0) is 4.74 Å². The summed E-state index contributed by atoms with van der Waals surface area (Å²) in [6.07, 6.45) is 1.64. The van der Waals surface area contributed by atoms with E-state index >= 15 is 0 Å². The van der Waals surface area contributed by atoms with Crippen LogP contribution in [0.25, 0.3) is 0 Å². The van der Waals surface area contributed by atoms with E-state index in [0.29, 0.717) is 18.7 Å². The number of aliphatic hydroxyl groups excluding tert-OH is 1. The van der Waals surface area contributed by atoms with Gasteiger partial charge in [0.25, 0.3) is 0 Å². The Bertz CT molecular complexity index is 928. The quantitative estimate of drug-likeness (QED) is 0.677. The summed E-state index contributed by atoms with van der Waals surface area (Å²) in [5.74, 6) is 0.570. The molecule has 1 saturated heterocycles. The number of aromatic nitrogens is 2. The van der Waals surface area contributed by atoms with E-state index in [2.05, 4.69) is 47.2 Å². The first kappa shape index (κ1) is 19.3. The molecule has 2 N–H and O–H groups in total. The van der Waals surface area contributed by atoms with Gasteiger partial charge in [-0.25, -0.2) is 4.79 Å². The van der Waals surface area contributed by atoms with Crippen molar-refractivity contribution in [1.29, 1.82) is 0 Å². The summed E-state index contributed by atoms with van der Waals surface area (Å²) in [4.78, 5) is 21.1. The summed E-state index contributed by atoms with van der Waals surface area (Å²) < 4.78 is 7.36. The van der Waals surface area contributed by atoms with Crippen LogP contribution in [0.3, 0.4) is 0 Å². The number of anilines is 3. The molecule has 2 aliphatic heterocycles. The van der Waals surface area contributed by atoms with Gasteiger partial charge in [0.15, 0.2) is 5.82 Å². The molecule has 8 heteroatoms. The Morgan fingerprint density at radius 2 is 2.11 bits per heavy atom. The zero-order chi connectivity index (χ0) is 19.8. The summed E-state index contributed by atoms with van der Waals surface area (Å²) in [6, 6.07) is 6.33. The Labute approximate surface area is 168 Å². The lowest BCUT2D eigenvalue weighted by atomic mass is 10.1. The van der Waals surface area contributed by atoms with Crippen LogP contribution in [0.15, 0.2) is 39.0 Å². The van der Waals surface area contributed by atoms with E-state index in [4.69, 9.17) is 4.74 Å². The Balaban J connectivity index is 1.63. The molecule has 0 amide bonds. The Morgan fingerprint density at radius 3 is 2.79 bits per heavy atom. The number of fused-ring (bicyclic) bond motifs is 2. The summed E-state index contributed by atoms with van der Waals surface area (Å²) in [5.41, 5.74) is 1.74. The molecule has 0 bridgehead atoms. The van der Waals surface area contributed by atoms with Gasteiger partial charge in [-0.3, -0.25) is 4.57 Å². The second kappa shape index (κ2) is 7.77. The molecule has 0 radical (unpaired) electrons. The van der Waals surface area contributed by atoms with Crippen LogP contribution in [0.4, 0.5) is 17.2 Å². The Morgan fingerprint density at radius 1 is 1.32 bits per heavy atom. The molecule has 0 unspecified atom stereocenters. The topological polar surface area (TPSA) is 79.6 Å². The minimum absolute atomic E-state index is 0.238. The highest BCUT2D eigenvalue weighted by Crippen LogP contribution is 2.44. The standard InChI is InChI=1S/C20H26N4O3S/c1-4-15-14(25)10-18(27-15)24-11-17-19(22-20(24)26)21-13-9-12(23(5-2)6-3)7-8-16(13)28-17/h7-9,11,14-15,18,25H,4-6,10H2,1-3H3,(H,21,22,26)/t14-,15-,18-/m1/s1. The van der Waals surface area contributed by atoms with Crippen LogP contribution in [0, 0.1) is 0 Å². The third-order valence-corrected chi connectivity index (χ3v) is 6.49. The lowest BCUT2D eigenvalue weighted by Crippen LogP contribution is -2.28. The van der Waals surface area contributed by atoms with Gasteiger partial charge in [0.1, 0.15) is 6.23 Å². The highest BCUT2D eigenvalue weighted by atomic mass is 32.2. The molecular formula is C20H26N4O3S. The van der Waals surface area contributed by atoms with Gasteiger partial charge in [0, 0.05) is 36.3 Å². The predicted molar refractivity (Wildman–Crippen MR) is 111 cm³/mol. The van der Waals surface area contributed by atoms with Gasteiger partial charge < -0.3 is 20.1 Å². The van der Waals surface area contributed by atoms with Crippen LogP contribution >= 0.6 is 11.8 Å². The number of nitrogens with one attached hydrogen (secondary N) is 1. The zero-order valence-electron chi connectivity index (χ0n) is 16.4. The largest absolute Gasteiger partial charge is 0.390 e. The van der Waals surface area contributed by atoms with Gasteiger partial charge in [0.2, 0.25) is 0 Å². The molecule has 0 aliphatic carbocycles. The average molecular weight is 403 g/mol. The SMILES string of the molecule is CC[C@H]1O[C@@H](n2cc3c(nc2=O)Nc2cc(N(CC)CC)ccc2S3)C[C@H]1O. The monoisotopic (exact) mass is 402 g/mol. The molecule has 0 spiro atoms. The summed E-state index contributed by atoms with van der Waals surface area (Å²) in [5, 5.41) is 13.4. The van der Waals surface area contributed by atoms with Gasteiger partial charge in [-0.15, -0.1) is 0 Å². The van der Waals surface area contributed by atoms with Crippen molar-refractivity contribution in [1.82, 2.24) is 9.55 Å². The maximum Gasteiger partial charge on any atom is 0.351 e. The third kappa shape index (κ3) is 3.40. The molecule has 1 aromatic carbocycles. The van der Waals surface area contributed by atoms with Gasteiger partial charge in [-0.2, -0.15) is 4.98 Å². The Kier molecular flexibility index (Phi) is 5.35. The van der Waals surface area contributed by atoms with Crippen molar-refractivity contribution >= 4 is 29.0 Å². The van der Waals surface area contributed by atoms with Crippen LogP contribution in [0.1, 0.15) is 39.8 Å². The van der Waals surface area contributed by atoms with Crippen LogP contribution < -0.4 is 15.9 Å². The molecule has 4 rings (SSSR count). The molecular weight excluding hydrogens is 376 g/mol. The minimum atomic E-state index is -0.553. The minimum Gasteiger partial charge on any atom is -0.390 e. The molecule has 150 valence electrons. The summed E-state index contributed by atoms with van der Waals surface area (Å²) in [6.45, 7) is 8.11. The zero-order valence-corrected chi connectivity index (χ0v) is 17.2. The average Bonchev–Trinajstić information content (AvgIpc) is 3.07. The van der Waals surface area contributed by atoms with Crippen LogP contribution in [0.5, 0.6) is 0 Å². The van der Waals surface area contributed by atoms with Crippen molar-refractivity contribution in [2.45, 2.75) is 61.8 Å². The second-order valence-corrected chi connectivity index (χ2v) is 8.15. The smallest absolute Gasteiger partial charge is 0.351 e. The molecule has 3 atom stereocenters. The summed E-state index contributed by atoms with van der Waals surface area (Å²) >= 11 is 1.59. The van der Waals surface area contributed by atoms with Crippen molar-refractivity contribution in [2.24, 2.45) is 0 Å². The molecule has 2 aromatic rings. The van der Waals surface area contributed by atoms with Crippen LogP contribution in [-0.4, -0.2) is 40.0 Å². The predicted octanol–water partition coefficient (Wildman–Crippen LogP) is 3.36. The highest BCUT2D eigenvalue weighted by Gasteiger charge is 2.35.